The van der Waals surface area contributed by atoms with Crippen LogP contribution in [0.1, 0.15) is 168 Å². The van der Waals surface area contributed by atoms with Gasteiger partial charge in [0.15, 0.2) is 12.4 Å². The maximum atomic E-state index is 12.7. The highest BCUT2D eigenvalue weighted by molar-refractivity contribution is 5.70. The fraction of sp³-hybridized carbons (Fsp3) is 0.854. The predicted octanol–water partition coefficient (Wildman–Crippen LogP) is 7.77. The van der Waals surface area contributed by atoms with Gasteiger partial charge in [0.2, 0.25) is 0 Å². The number of carbonyl (C=O) groups is 2. The molecule has 0 spiro atoms. The van der Waals surface area contributed by atoms with Crippen molar-refractivity contribution >= 4 is 11.9 Å². The SMILES string of the molecule is CCCCCCCC=CCCCCCCC(=O)OCC(COC1OC(CO)C(O)C(O)C1O)OC(=O)CCCCCCC=CCCCCCCC. The molecule has 10 heteroatoms. The van der Waals surface area contributed by atoms with Crippen LogP contribution in [-0.4, -0.2) is 89.0 Å². The molecule has 0 aromatic heterocycles. The van der Waals surface area contributed by atoms with Crippen LogP contribution >= 0.6 is 0 Å². The Balaban J connectivity index is 2.40. The van der Waals surface area contributed by atoms with Gasteiger partial charge in [-0.15, -0.1) is 0 Å². The molecular weight excluding hydrogens is 652 g/mol. The van der Waals surface area contributed by atoms with E-state index in [-0.39, 0.29) is 26.1 Å². The van der Waals surface area contributed by atoms with Crippen LogP contribution < -0.4 is 0 Å². The summed E-state index contributed by atoms with van der Waals surface area (Å²) in [4.78, 5) is 25.2. The number of hydrogen-bond acceptors (Lipinski definition) is 10. The molecule has 0 aliphatic carbocycles. The summed E-state index contributed by atoms with van der Waals surface area (Å²) < 4.78 is 22.1. The Morgan fingerprint density at radius 2 is 1.04 bits per heavy atom. The fourth-order valence-corrected chi connectivity index (χ4v) is 6.00. The number of esters is 2. The van der Waals surface area contributed by atoms with Gasteiger partial charge in [0.1, 0.15) is 31.0 Å². The van der Waals surface area contributed by atoms with Gasteiger partial charge in [0.05, 0.1) is 13.2 Å². The number of hydrogen-bond donors (Lipinski definition) is 4. The molecule has 1 rings (SSSR count). The quantitative estimate of drug-likeness (QED) is 0.0300. The van der Waals surface area contributed by atoms with Gasteiger partial charge >= 0.3 is 11.9 Å². The summed E-state index contributed by atoms with van der Waals surface area (Å²) >= 11 is 0. The molecule has 4 N–H and O–H groups in total. The monoisotopic (exact) mass is 727 g/mol. The first-order chi connectivity index (χ1) is 24.8. The summed E-state index contributed by atoms with van der Waals surface area (Å²) in [5.41, 5.74) is 0. The molecule has 1 aliphatic rings. The van der Waals surface area contributed by atoms with E-state index < -0.39 is 55.4 Å². The summed E-state index contributed by atoms with van der Waals surface area (Å²) in [6.45, 7) is 3.36. The summed E-state index contributed by atoms with van der Waals surface area (Å²) in [5, 5.41) is 39.9. The molecular formula is C41H74O10. The number of ether oxygens (including phenoxy) is 4. The third-order valence-corrected chi connectivity index (χ3v) is 9.31. The molecule has 298 valence electrons. The smallest absolute Gasteiger partial charge is 0.306 e. The zero-order valence-corrected chi connectivity index (χ0v) is 32.1. The van der Waals surface area contributed by atoms with Crippen molar-refractivity contribution in [2.24, 2.45) is 0 Å². The van der Waals surface area contributed by atoms with Crippen LogP contribution in [0.15, 0.2) is 24.3 Å². The van der Waals surface area contributed by atoms with Crippen LogP contribution in [0.3, 0.4) is 0 Å². The molecule has 0 bridgehead atoms. The topological polar surface area (TPSA) is 152 Å². The molecule has 6 unspecified atom stereocenters. The van der Waals surface area contributed by atoms with Crippen molar-refractivity contribution in [2.45, 2.75) is 205 Å². The minimum absolute atomic E-state index is 0.215. The highest BCUT2D eigenvalue weighted by Crippen LogP contribution is 2.22. The Morgan fingerprint density at radius 1 is 0.588 bits per heavy atom. The van der Waals surface area contributed by atoms with Crippen molar-refractivity contribution in [3.63, 3.8) is 0 Å². The molecule has 6 atom stereocenters. The van der Waals surface area contributed by atoms with Gasteiger partial charge in [0, 0.05) is 12.8 Å². The largest absolute Gasteiger partial charge is 0.462 e. The van der Waals surface area contributed by atoms with E-state index in [1.807, 2.05) is 0 Å². The van der Waals surface area contributed by atoms with Crippen LogP contribution in [0.5, 0.6) is 0 Å². The lowest BCUT2D eigenvalue weighted by atomic mass is 9.99. The van der Waals surface area contributed by atoms with Crippen molar-refractivity contribution in [2.75, 3.05) is 19.8 Å². The van der Waals surface area contributed by atoms with Crippen molar-refractivity contribution in [3.05, 3.63) is 24.3 Å². The van der Waals surface area contributed by atoms with Crippen molar-refractivity contribution in [1.29, 1.82) is 0 Å². The van der Waals surface area contributed by atoms with Crippen LogP contribution in [0.4, 0.5) is 0 Å². The lowest BCUT2D eigenvalue weighted by molar-refractivity contribution is -0.305. The van der Waals surface area contributed by atoms with E-state index >= 15 is 0 Å². The molecule has 1 fully saturated rings. The van der Waals surface area contributed by atoms with E-state index in [0.29, 0.717) is 12.8 Å². The molecule has 10 nitrogen and oxygen atoms in total. The first-order valence-electron chi connectivity index (χ1n) is 20.4. The third kappa shape index (κ3) is 24.9. The maximum absolute atomic E-state index is 12.7. The second kappa shape index (κ2) is 32.8. The minimum Gasteiger partial charge on any atom is -0.462 e. The lowest BCUT2D eigenvalue weighted by Gasteiger charge is -2.39. The molecule has 51 heavy (non-hydrogen) atoms. The number of unbranched alkanes of at least 4 members (excludes halogenated alkanes) is 18. The van der Waals surface area contributed by atoms with Crippen molar-refractivity contribution in [1.82, 2.24) is 0 Å². The van der Waals surface area contributed by atoms with Crippen LogP contribution in [0, 0.1) is 0 Å². The summed E-state index contributed by atoms with van der Waals surface area (Å²) in [7, 11) is 0. The minimum atomic E-state index is -1.60. The van der Waals surface area contributed by atoms with Gasteiger partial charge in [0.25, 0.3) is 0 Å². The van der Waals surface area contributed by atoms with E-state index in [1.165, 1.54) is 64.2 Å². The zero-order valence-electron chi connectivity index (χ0n) is 32.1. The number of aliphatic hydroxyl groups excluding tert-OH is 4. The van der Waals surface area contributed by atoms with Crippen LogP contribution in [0.2, 0.25) is 0 Å². The Hall–Kier alpha value is -1.82. The average Bonchev–Trinajstić information content (AvgIpc) is 3.13. The van der Waals surface area contributed by atoms with E-state index in [0.717, 1.165) is 64.2 Å². The third-order valence-electron chi connectivity index (χ3n) is 9.31. The Bertz CT molecular complexity index is 892. The lowest BCUT2D eigenvalue weighted by Crippen LogP contribution is -2.59. The van der Waals surface area contributed by atoms with E-state index in [2.05, 4.69) is 38.2 Å². The molecule has 0 radical (unpaired) electrons. The molecule has 0 saturated carbocycles. The predicted molar refractivity (Wildman–Crippen MR) is 201 cm³/mol. The van der Waals surface area contributed by atoms with Crippen molar-refractivity contribution < 1.29 is 49.0 Å². The number of allylic oxidation sites excluding steroid dienone is 4. The standard InChI is InChI=1S/C41H74O10/c1-3-5-7-9-11-13-15-17-19-21-23-25-27-29-36(43)48-32-34(33-49-41-40(47)39(46)38(45)35(31-42)51-41)50-37(44)30-28-26-24-22-20-18-16-14-12-10-8-6-4-2/h15-18,34-35,38-42,45-47H,3-14,19-33H2,1-2H3. The first kappa shape index (κ1) is 47.2. The highest BCUT2D eigenvalue weighted by atomic mass is 16.7. The Morgan fingerprint density at radius 3 is 1.51 bits per heavy atom. The molecule has 0 aromatic carbocycles. The molecule has 1 heterocycles. The number of aliphatic hydroxyl groups is 4. The van der Waals surface area contributed by atoms with E-state index in [9.17, 15) is 30.0 Å². The van der Waals surface area contributed by atoms with Crippen LogP contribution in [0.25, 0.3) is 0 Å². The summed E-state index contributed by atoms with van der Waals surface area (Å²) in [6, 6.07) is 0. The zero-order chi connectivity index (χ0) is 37.4. The van der Waals surface area contributed by atoms with Gasteiger partial charge in [-0.25, -0.2) is 0 Å². The summed E-state index contributed by atoms with van der Waals surface area (Å²) in [6.07, 6.45) is 26.1. The van der Waals surface area contributed by atoms with Gasteiger partial charge in [-0.05, 0) is 64.2 Å². The second-order valence-corrected chi connectivity index (χ2v) is 14.1. The van der Waals surface area contributed by atoms with Crippen LogP contribution in [-0.2, 0) is 28.5 Å². The number of rotatable bonds is 33. The Labute approximate surface area is 309 Å². The van der Waals surface area contributed by atoms with Gasteiger partial charge in [-0.2, -0.15) is 0 Å². The maximum Gasteiger partial charge on any atom is 0.306 e. The molecule has 0 aromatic rings. The summed E-state index contributed by atoms with van der Waals surface area (Å²) in [5.74, 6) is -0.834. The normalized spacial score (nSPS) is 21.4. The molecule has 0 amide bonds. The van der Waals surface area contributed by atoms with Gasteiger partial charge in [-0.3, -0.25) is 9.59 Å². The molecule has 1 saturated heterocycles. The van der Waals surface area contributed by atoms with Gasteiger partial charge in [-0.1, -0.05) is 115 Å². The first-order valence-corrected chi connectivity index (χ1v) is 20.4. The molecule has 1 aliphatic heterocycles. The Kier molecular flexibility index (Phi) is 30.4. The van der Waals surface area contributed by atoms with E-state index in [4.69, 9.17) is 18.9 Å². The fourth-order valence-electron chi connectivity index (χ4n) is 6.00. The van der Waals surface area contributed by atoms with Crippen molar-refractivity contribution in [3.8, 4) is 0 Å². The highest BCUT2D eigenvalue weighted by Gasteiger charge is 2.44. The number of carbonyl (C=O) groups excluding carboxylic acids is 2. The van der Waals surface area contributed by atoms with E-state index in [1.54, 1.807) is 0 Å². The average molecular weight is 727 g/mol. The second-order valence-electron chi connectivity index (χ2n) is 14.1. The van der Waals surface area contributed by atoms with Gasteiger partial charge < -0.3 is 39.4 Å².